The van der Waals surface area contributed by atoms with Crippen LogP contribution in [0.25, 0.3) is 0 Å². The normalized spacial score (nSPS) is 31.8. The van der Waals surface area contributed by atoms with Crippen molar-refractivity contribution in [2.24, 2.45) is 7.05 Å². The Labute approximate surface area is 106 Å². The summed E-state index contributed by atoms with van der Waals surface area (Å²) in [5.41, 5.74) is -0.912. The first kappa shape index (κ1) is 13.3. The zero-order valence-corrected chi connectivity index (χ0v) is 10.4. The molecule has 0 saturated carbocycles. The molecule has 0 aromatic carbocycles. The zero-order valence-electron chi connectivity index (χ0n) is 9.61. The minimum atomic E-state index is -1.15. The number of aromatic amines is 1. The van der Waals surface area contributed by atoms with Gasteiger partial charge in [-0.15, -0.1) is 11.8 Å². The second-order valence-electron chi connectivity index (χ2n) is 4.21. The lowest BCUT2D eigenvalue weighted by Gasteiger charge is -2.15. The van der Waals surface area contributed by atoms with Gasteiger partial charge < -0.3 is 19.9 Å². The van der Waals surface area contributed by atoms with Gasteiger partial charge in [-0.2, -0.15) is 0 Å². The van der Waals surface area contributed by atoms with Gasteiger partial charge in [-0.25, -0.2) is 4.79 Å². The van der Waals surface area contributed by atoms with E-state index in [1.54, 1.807) is 0 Å². The van der Waals surface area contributed by atoms with E-state index >= 15 is 0 Å². The van der Waals surface area contributed by atoms with E-state index in [0.29, 0.717) is 0 Å². The molecule has 18 heavy (non-hydrogen) atoms. The Balaban J connectivity index is 2.42. The van der Waals surface area contributed by atoms with E-state index in [9.17, 15) is 19.8 Å². The smallest absolute Gasteiger partial charge is 0.328 e. The van der Waals surface area contributed by atoms with Gasteiger partial charge in [0.05, 0.1) is 29.3 Å². The Bertz CT molecular complexity index is 554. The van der Waals surface area contributed by atoms with Gasteiger partial charge in [0.1, 0.15) is 0 Å². The first-order chi connectivity index (χ1) is 8.45. The van der Waals surface area contributed by atoms with Crippen LogP contribution in [-0.2, 0) is 7.05 Å². The highest BCUT2D eigenvalue weighted by atomic mass is 32.2. The fourth-order valence-electron chi connectivity index (χ4n) is 1.94. The van der Waals surface area contributed by atoms with Gasteiger partial charge in [0.2, 0.25) is 0 Å². The van der Waals surface area contributed by atoms with E-state index in [-0.39, 0.29) is 12.2 Å². The summed E-state index contributed by atoms with van der Waals surface area (Å²) in [5, 5.41) is 27.4. The second kappa shape index (κ2) is 4.88. The summed E-state index contributed by atoms with van der Waals surface area (Å²) in [4.78, 5) is 25.0. The average molecular weight is 274 g/mol. The van der Waals surface area contributed by atoms with Crippen LogP contribution in [0.2, 0.25) is 0 Å². The molecule has 1 unspecified atom stereocenters. The number of H-pyrrole nitrogens is 1. The molecular formula is C10H14N2O5S. The maximum atomic E-state index is 11.7. The van der Waals surface area contributed by atoms with E-state index in [2.05, 4.69) is 4.98 Å². The summed E-state index contributed by atoms with van der Waals surface area (Å²) in [5.74, 6) is 0. The maximum absolute atomic E-state index is 11.7. The maximum Gasteiger partial charge on any atom is 0.328 e. The Kier molecular flexibility index (Phi) is 3.62. The van der Waals surface area contributed by atoms with Crippen LogP contribution in [0.15, 0.2) is 15.8 Å². The molecule has 1 fully saturated rings. The van der Waals surface area contributed by atoms with E-state index in [0.717, 1.165) is 11.8 Å². The highest BCUT2D eigenvalue weighted by Gasteiger charge is 2.43. The third-order valence-corrected chi connectivity index (χ3v) is 4.59. The van der Waals surface area contributed by atoms with Crippen molar-refractivity contribution >= 4 is 11.8 Å². The van der Waals surface area contributed by atoms with Crippen LogP contribution in [0, 0.1) is 0 Å². The molecule has 0 bridgehead atoms. The lowest BCUT2D eigenvalue weighted by Crippen LogP contribution is -2.35. The van der Waals surface area contributed by atoms with Crippen molar-refractivity contribution in [1.29, 1.82) is 0 Å². The molecular weight excluding hydrogens is 260 g/mol. The molecule has 0 amide bonds. The standard InChI is InChI=1S/C10H14N2O5S/c1-12-2-4(9(16)11-10(12)17)8-7(15)6(14)5(3-13)18-8/h2,5-8,13-15H,3H2,1H3,(H,11,16,17)/t5-,6?,7+,8+/m1/s1. The van der Waals surface area contributed by atoms with E-state index in [1.165, 1.54) is 17.8 Å². The van der Waals surface area contributed by atoms with Crippen molar-refractivity contribution in [3.05, 3.63) is 32.6 Å². The third kappa shape index (κ3) is 2.12. The monoisotopic (exact) mass is 274 g/mol. The van der Waals surface area contributed by atoms with Crippen molar-refractivity contribution in [1.82, 2.24) is 9.55 Å². The summed E-state index contributed by atoms with van der Waals surface area (Å²) in [6.45, 7) is -0.289. The highest BCUT2D eigenvalue weighted by Crippen LogP contribution is 2.43. The molecule has 2 rings (SSSR count). The summed E-state index contributed by atoms with van der Waals surface area (Å²) in [6.07, 6.45) is -0.901. The van der Waals surface area contributed by atoms with Gasteiger partial charge >= 0.3 is 5.69 Å². The Morgan fingerprint density at radius 3 is 2.61 bits per heavy atom. The predicted molar refractivity (Wildman–Crippen MR) is 65.5 cm³/mol. The Morgan fingerprint density at radius 1 is 1.39 bits per heavy atom. The van der Waals surface area contributed by atoms with E-state index in [4.69, 9.17) is 5.11 Å². The summed E-state index contributed by atoms with van der Waals surface area (Å²) in [7, 11) is 1.48. The minimum absolute atomic E-state index is 0.213. The number of hydrogen-bond acceptors (Lipinski definition) is 6. The molecule has 1 aromatic heterocycles. The number of aryl methyl sites for hydroxylation is 1. The molecule has 0 aliphatic carbocycles. The van der Waals surface area contributed by atoms with E-state index in [1.807, 2.05) is 0 Å². The molecule has 0 radical (unpaired) electrons. The molecule has 7 nitrogen and oxygen atoms in total. The largest absolute Gasteiger partial charge is 0.395 e. The predicted octanol–water partition coefficient (Wildman–Crippen LogP) is -2.06. The lowest BCUT2D eigenvalue weighted by atomic mass is 10.0. The SMILES string of the molecule is Cn1cc([C@@H]2S[C@H](CO)C(O)[C@@H]2O)c(=O)[nH]c1=O. The van der Waals surface area contributed by atoms with Gasteiger partial charge in [0.25, 0.3) is 5.56 Å². The Morgan fingerprint density at radius 2 is 2.06 bits per heavy atom. The zero-order chi connectivity index (χ0) is 13.4. The minimum Gasteiger partial charge on any atom is -0.395 e. The quantitative estimate of drug-likeness (QED) is 0.493. The molecule has 4 N–H and O–H groups in total. The van der Waals surface area contributed by atoms with Gasteiger partial charge in [0, 0.05) is 18.8 Å². The molecule has 1 aromatic rings. The molecule has 4 atom stereocenters. The number of thioether (sulfide) groups is 1. The van der Waals surface area contributed by atoms with Crippen molar-refractivity contribution in [2.75, 3.05) is 6.61 Å². The Hall–Kier alpha value is -1.09. The van der Waals surface area contributed by atoms with Crippen LogP contribution >= 0.6 is 11.8 Å². The van der Waals surface area contributed by atoms with Crippen LogP contribution in [0.1, 0.15) is 10.8 Å². The molecule has 1 saturated heterocycles. The molecule has 0 spiro atoms. The van der Waals surface area contributed by atoms with Crippen molar-refractivity contribution < 1.29 is 15.3 Å². The summed E-state index contributed by atoms with van der Waals surface area (Å²) < 4.78 is 1.20. The average Bonchev–Trinajstić information content (AvgIpc) is 2.61. The fraction of sp³-hybridized carbons (Fsp3) is 0.600. The van der Waals surface area contributed by atoms with Crippen LogP contribution < -0.4 is 11.2 Å². The molecule has 100 valence electrons. The topological polar surface area (TPSA) is 116 Å². The number of nitrogens with one attached hydrogen (secondary N) is 1. The van der Waals surface area contributed by atoms with Crippen LogP contribution in [0.4, 0.5) is 0 Å². The molecule has 1 aliphatic rings. The number of aliphatic hydroxyl groups excluding tert-OH is 3. The van der Waals surface area contributed by atoms with Crippen LogP contribution in [0.5, 0.6) is 0 Å². The number of aromatic nitrogens is 2. The molecule has 8 heteroatoms. The third-order valence-electron chi connectivity index (χ3n) is 2.98. The van der Waals surface area contributed by atoms with Gasteiger partial charge in [-0.05, 0) is 0 Å². The number of aliphatic hydroxyl groups is 3. The number of rotatable bonds is 2. The number of nitrogens with zero attached hydrogens (tertiary/aromatic N) is 1. The van der Waals surface area contributed by atoms with Crippen LogP contribution in [0.3, 0.4) is 0 Å². The highest BCUT2D eigenvalue weighted by molar-refractivity contribution is 8.00. The first-order valence-electron chi connectivity index (χ1n) is 5.38. The summed E-state index contributed by atoms with van der Waals surface area (Å²) in [6, 6.07) is 0. The van der Waals surface area contributed by atoms with Crippen molar-refractivity contribution in [3.63, 3.8) is 0 Å². The number of hydrogen-bond donors (Lipinski definition) is 4. The van der Waals surface area contributed by atoms with Crippen molar-refractivity contribution in [2.45, 2.75) is 22.7 Å². The van der Waals surface area contributed by atoms with Gasteiger partial charge in [-0.3, -0.25) is 9.78 Å². The second-order valence-corrected chi connectivity index (χ2v) is 5.60. The lowest BCUT2D eigenvalue weighted by molar-refractivity contribution is 0.0196. The van der Waals surface area contributed by atoms with Gasteiger partial charge in [0.15, 0.2) is 0 Å². The first-order valence-corrected chi connectivity index (χ1v) is 6.32. The molecule has 2 heterocycles. The summed E-state index contributed by atoms with van der Waals surface area (Å²) >= 11 is 1.12. The van der Waals surface area contributed by atoms with E-state index < -0.39 is 34.0 Å². The molecule has 1 aliphatic heterocycles. The van der Waals surface area contributed by atoms with Gasteiger partial charge in [-0.1, -0.05) is 0 Å². The van der Waals surface area contributed by atoms with Crippen molar-refractivity contribution in [3.8, 4) is 0 Å². The fourth-order valence-corrected chi connectivity index (χ4v) is 3.36. The van der Waals surface area contributed by atoms with Crippen LogP contribution in [-0.4, -0.2) is 48.9 Å².